The van der Waals surface area contributed by atoms with Gasteiger partial charge in [-0.15, -0.1) is 0 Å². The van der Waals surface area contributed by atoms with Crippen LogP contribution in [-0.2, 0) is 11.2 Å². The summed E-state index contributed by atoms with van der Waals surface area (Å²) in [5.74, 6) is 0.385. The van der Waals surface area contributed by atoms with Crippen molar-refractivity contribution in [2.45, 2.75) is 33.2 Å². The number of para-hydroxylation sites is 1. The average molecular weight is 353 g/mol. The number of nitrogens with one attached hydrogen (secondary N) is 2. The fraction of sp³-hybridized carbons (Fsp3) is 0.333. The highest BCUT2D eigenvalue weighted by Crippen LogP contribution is 2.15. The molecule has 0 radical (unpaired) electrons. The Morgan fingerprint density at radius 1 is 0.962 bits per heavy atom. The first kappa shape index (κ1) is 19.5. The molecule has 1 unspecified atom stereocenters. The van der Waals surface area contributed by atoms with Gasteiger partial charge < -0.3 is 15.5 Å². The fourth-order valence-corrected chi connectivity index (χ4v) is 2.34. The van der Waals surface area contributed by atoms with Crippen molar-refractivity contribution >= 4 is 23.3 Å². The Kier molecular flexibility index (Phi) is 6.78. The van der Waals surface area contributed by atoms with Crippen molar-refractivity contribution < 1.29 is 9.59 Å². The quantitative estimate of drug-likeness (QED) is 0.823. The minimum atomic E-state index is -0.223. The van der Waals surface area contributed by atoms with Crippen LogP contribution in [0.25, 0.3) is 0 Å². The SMILES string of the molecule is CC(C)C(C)NC(=O)Nc1ccc(CC(=O)N(C)c2ccccc2)cc1. The first-order valence-electron chi connectivity index (χ1n) is 8.85. The minimum Gasteiger partial charge on any atom is -0.335 e. The predicted octanol–water partition coefficient (Wildman–Crippen LogP) is 4.06. The van der Waals surface area contributed by atoms with Crippen LogP contribution in [0.15, 0.2) is 54.6 Å². The highest BCUT2D eigenvalue weighted by Gasteiger charge is 2.12. The van der Waals surface area contributed by atoms with E-state index in [-0.39, 0.29) is 18.0 Å². The van der Waals surface area contributed by atoms with Crippen LogP contribution in [0.1, 0.15) is 26.3 Å². The molecule has 0 aliphatic carbocycles. The first-order valence-corrected chi connectivity index (χ1v) is 8.85. The van der Waals surface area contributed by atoms with Crippen molar-refractivity contribution in [2.75, 3.05) is 17.3 Å². The van der Waals surface area contributed by atoms with E-state index in [1.165, 1.54) is 0 Å². The molecule has 2 N–H and O–H groups in total. The monoisotopic (exact) mass is 353 g/mol. The van der Waals surface area contributed by atoms with Gasteiger partial charge in [0.15, 0.2) is 0 Å². The Bertz CT molecular complexity index is 727. The maximum Gasteiger partial charge on any atom is 0.319 e. The smallest absolute Gasteiger partial charge is 0.319 e. The molecule has 2 aromatic rings. The van der Waals surface area contributed by atoms with E-state index in [2.05, 4.69) is 24.5 Å². The second-order valence-corrected chi connectivity index (χ2v) is 6.79. The van der Waals surface area contributed by atoms with Crippen LogP contribution in [0.2, 0.25) is 0 Å². The summed E-state index contributed by atoms with van der Waals surface area (Å²) in [5, 5.41) is 5.71. The third-order valence-corrected chi connectivity index (χ3v) is 4.44. The number of hydrogen-bond donors (Lipinski definition) is 2. The summed E-state index contributed by atoms with van der Waals surface area (Å²) in [6, 6.07) is 16.8. The summed E-state index contributed by atoms with van der Waals surface area (Å²) in [5.41, 5.74) is 2.47. The average Bonchev–Trinajstić information content (AvgIpc) is 2.63. The predicted molar refractivity (Wildman–Crippen MR) is 106 cm³/mol. The lowest BCUT2D eigenvalue weighted by atomic mass is 10.1. The van der Waals surface area contributed by atoms with Gasteiger partial charge in [0.05, 0.1) is 6.42 Å². The summed E-state index contributed by atoms with van der Waals surface area (Å²) in [4.78, 5) is 26.0. The van der Waals surface area contributed by atoms with Gasteiger partial charge in [0.25, 0.3) is 0 Å². The van der Waals surface area contributed by atoms with Gasteiger partial charge in [0.1, 0.15) is 0 Å². The molecule has 0 saturated carbocycles. The number of nitrogens with zero attached hydrogens (tertiary/aromatic N) is 1. The Labute approximate surface area is 155 Å². The van der Waals surface area contributed by atoms with Gasteiger partial charge in [-0.3, -0.25) is 4.79 Å². The second-order valence-electron chi connectivity index (χ2n) is 6.79. The lowest BCUT2D eigenvalue weighted by molar-refractivity contribution is -0.117. The highest BCUT2D eigenvalue weighted by atomic mass is 16.2. The number of benzene rings is 2. The molecule has 0 spiro atoms. The van der Waals surface area contributed by atoms with Crippen LogP contribution >= 0.6 is 0 Å². The molecular formula is C21H27N3O2. The van der Waals surface area contributed by atoms with E-state index in [0.717, 1.165) is 11.3 Å². The van der Waals surface area contributed by atoms with Crippen molar-refractivity contribution in [3.8, 4) is 0 Å². The van der Waals surface area contributed by atoms with Gasteiger partial charge in [-0.2, -0.15) is 0 Å². The van der Waals surface area contributed by atoms with Crippen LogP contribution in [0.4, 0.5) is 16.2 Å². The molecule has 138 valence electrons. The van der Waals surface area contributed by atoms with Crippen molar-refractivity contribution in [2.24, 2.45) is 5.92 Å². The van der Waals surface area contributed by atoms with Gasteiger partial charge in [0, 0.05) is 24.5 Å². The molecule has 0 saturated heterocycles. The minimum absolute atomic E-state index is 0.0143. The molecule has 2 rings (SSSR count). The number of rotatable bonds is 6. The molecule has 3 amide bonds. The second kappa shape index (κ2) is 9.04. The molecule has 1 atom stereocenters. The largest absolute Gasteiger partial charge is 0.335 e. The number of urea groups is 1. The standard InChI is InChI=1S/C21H27N3O2/c1-15(2)16(3)22-21(26)23-18-12-10-17(11-13-18)14-20(25)24(4)19-8-6-5-7-9-19/h5-13,15-16H,14H2,1-4H3,(H2,22,23,26). The number of carbonyl (C=O) groups is 2. The molecule has 0 fully saturated rings. The first-order chi connectivity index (χ1) is 12.4. The summed E-state index contributed by atoms with van der Waals surface area (Å²) >= 11 is 0. The van der Waals surface area contributed by atoms with E-state index in [1.54, 1.807) is 11.9 Å². The molecule has 0 heterocycles. The Balaban J connectivity index is 1.91. The van der Waals surface area contributed by atoms with Gasteiger partial charge in [-0.05, 0) is 42.7 Å². The van der Waals surface area contributed by atoms with E-state index in [9.17, 15) is 9.59 Å². The van der Waals surface area contributed by atoms with Crippen LogP contribution in [0.5, 0.6) is 0 Å². The zero-order valence-corrected chi connectivity index (χ0v) is 15.8. The highest BCUT2D eigenvalue weighted by molar-refractivity contribution is 5.94. The normalized spacial score (nSPS) is 11.7. The van der Waals surface area contributed by atoms with E-state index < -0.39 is 0 Å². The van der Waals surface area contributed by atoms with Crippen molar-refractivity contribution in [1.82, 2.24) is 5.32 Å². The van der Waals surface area contributed by atoms with Crippen LogP contribution < -0.4 is 15.5 Å². The molecule has 0 aromatic heterocycles. The zero-order valence-electron chi connectivity index (χ0n) is 15.8. The summed E-state index contributed by atoms with van der Waals surface area (Å²) in [7, 11) is 1.77. The molecule has 0 aliphatic rings. The molecule has 0 aliphatic heterocycles. The summed E-state index contributed by atoms with van der Waals surface area (Å²) in [6.45, 7) is 6.09. The topological polar surface area (TPSA) is 61.4 Å². The van der Waals surface area contributed by atoms with Crippen LogP contribution in [0.3, 0.4) is 0 Å². The Hall–Kier alpha value is -2.82. The molecular weight excluding hydrogens is 326 g/mol. The van der Waals surface area contributed by atoms with Crippen molar-refractivity contribution in [3.05, 3.63) is 60.2 Å². The van der Waals surface area contributed by atoms with E-state index >= 15 is 0 Å². The molecule has 5 nitrogen and oxygen atoms in total. The molecule has 0 bridgehead atoms. The maximum absolute atomic E-state index is 12.4. The van der Waals surface area contributed by atoms with Crippen LogP contribution in [0, 0.1) is 5.92 Å². The van der Waals surface area contributed by atoms with E-state index in [4.69, 9.17) is 0 Å². The van der Waals surface area contributed by atoms with Gasteiger partial charge in [-0.25, -0.2) is 4.79 Å². The van der Waals surface area contributed by atoms with Crippen molar-refractivity contribution in [1.29, 1.82) is 0 Å². The lowest BCUT2D eigenvalue weighted by Crippen LogP contribution is -2.38. The van der Waals surface area contributed by atoms with Crippen LogP contribution in [-0.4, -0.2) is 25.0 Å². The summed E-state index contributed by atoms with van der Waals surface area (Å²) in [6.07, 6.45) is 0.308. The number of anilines is 2. The Morgan fingerprint density at radius 2 is 1.58 bits per heavy atom. The number of amides is 3. The third kappa shape index (κ3) is 5.62. The van der Waals surface area contributed by atoms with Gasteiger partial charge in [-0.1, -0.05) is 44.2 Å². The fourth-order valence-electron chi connectivity index (χ4n) is 2.34. The number of hydrogen-bond acceptors (Lipinski definition) is 2. The van der Waals surface area contributed by atoms with Crippen molar-refractivity contribution in [3.63, 3.8) is 0 Å². The lowest BCUT2D eigenvalue weighted by Gasteiger charge is -2.18. The molecule has 2 aromatic carbocycles. The van der Waals surface area contributed by atoms with Gasteiger partial charge >= 0.3 is 6.03 Å². The maximum atomic E-state index is 12.4. The Morgan fingerprint density at radius 3 is 2.15 bits per heavy atom. The van der Waals surface area contributed by atoms with Gasteiger partial charge in [0.2, 0.25) is 5.91 Å². The van der Waals surface area contributed by atoms with E-state index in [0.29, 0.717) is 18.0 Å². The molecule has 26 heavy (non-hydrogen) atoms. The number of carbonyl (C=O) groups excluding carboxylic acids is 2. The molecule has 5 heteroatoms. The summed E-state index contributed by atoms with van der Waals surface area (Å²) < 4.78 is 0. The van der Waals surface area contributed by atoms with E-state index in [1.807, 2.05) is 61.5 Å². The third-order valence-electron chi connectivity index (χ3n) is 4.44. The number of likely N-dealkylation sites (N-methyl/N-ethyl adjacent to an activating group) is 1. The zero-order chi connectivity index (χ0) is 19.1.